The van der Waals surface area contributed by atoms with E-state index in [1.165, 1.54) is 17.2 Å². The number of carbonyl (C=O) groups is 1. The number of sulfone groups is 1. The van der Waals surface area contributed by atoms with Crippen LogP contribution in [0.15, 0.2) is 96.2 Å². The molecule has 0 atom stereocenters. The first-order valence-corrected chi connectivity index (χ1v) is 19.5. The number of benzene rings is 4. The van der Waals surface area contributed by atoms with Crippen LogP contribution < -0.4 is 15.5 Å². The quantitative estimate of drug-likeness (QED) is 0.148. The Morgan fingerprint density at radius 3 is 2.31 bits per heavy atom. The lowest BCUT2D eigenvalue weighted by molar-refractivity contribution is -0.0435. The smallest absolute Gasteiger partial charge is 0.384 e. The van der Waals surface area contributed by atoms with Crippen molar-refractivity contribution in [2.24, 2.45) is 5.92 Å². The Bertz CT molecular complexity index is 2230. The third kappa shape index (κ3) is 8.31. The SMILES string of the molecule is O=C(Nc1ncnc2cc(NCC3CCOCC3)c(S(=O)(=O)C(F)(F)F)cc12)c1ccc(N2CCN(Cc3ccccc3-c3ccc(Cl)cc3)CC2)cc1. The molecule has 0 bridgehead atoms. The summed E-state index contributed by atoms with van der Waals surface area (Å²) < 4.78 is 72.4. The standard InChI is InChI=1S/C39H38ClF3N6O4S/c40-30-9-5-27(6-10-30)32-4-2-1-3-29(32)24-48-15-17-49(18-16-48)31-11-7-28(8-12-31)38(50)47-37-33-21-36(54(51,52)39(41,42)43)35(22-34(33)45-25-46-37)44-23-26-13-19-53-20-14-26/h1-12,21-22,25-26,44H,13-20,23-24H2,(H,45,46,47,50). The molecule has 282 valence electrons. The van der Waals surface area contributed by atoms with E-state index in [4.69, 9.17) is 16.3 Å². The van der Waals surface area contributed by atoms with Crippen molar-refractivity contribution >= 4 is 55.4 Å². The lowest BCUT2D eigenvalue weighted by atomic mass is 9.99. The van der Waals surface area contributed by atoms with Gasteiger partial charge in [-0.15, -0.1) is 0 Å². The molecule has 1 amide bonds. The van der Waals surface area contributed by atoms with Crippen molar-refractivity contribution in [2.45, 2.75) is 29.8 Å². The zero-order chi connectivity index (χ0) is 37.9. The fraction of sp³-hybridized carbons (Fsp3) is 0.308. The van der Waals surface area contributed by atoms with Crippen molar-refractivity contribution < 1.29 is 31.1 Å². The van der Waals surface area contributed by atoms with Crippen LogP contribution in [0.2, 0.25) is 5.02 Å². The van der Waals surface area contributed by atoms with Crippen LogP contribution in [-0.2, 0) is 21.1 Å². The Morgan fingerprint density at radius 1 is 0.907 bits per heavy atom. The van der Waals surface area contributed by atoms with Gasteiger partial charge in [-0.3, -0.25) is 9.69 Å². The van der Waals surface area contributed by atoms with Crippen molar-refractivity contribution in [1.82, 2.24) is 14.9 Å². The normalized spacial score (nSPS) is 16.0. The molecular weight excluding hydrogens is 741 g/mol. The average Bonchev–Trinajstić information content (AvgIpc) is 3.18. The highest BCUT2D eigenvalue weighted by molar-refractivity contribution is 7.92. The van der Waals surface area contributed by atoms with E-state index in [9.17, 15) is 26.4 Å². The summed E-state index contributed by atoms with van der Waals surface area (Å²) in [5.74, 6) is -0.577. The second-order valence-electron chi connectivity index (χ2n) is 13.4. The van der Waals surface area contributed by atoms with Gasteiger partial charge >= 0.3 is 5.51 Å². The second kappa shape index (κ2) is 15.9. The van der Waals surface area contributed by atoms with Crippen LogP contribution in [0.25, 0.3) is 22.0 Å². The highest BCUT2D eigenvalue weighted by Crippen LogP contribution is 2.38. The molecule has 4 aromatic carbocycles. The van der Waals surface area contributed by atoms with Crippen LogP contribution in [0.5, 0.6) is 0 Å². The zero-order valence-corrected chi connectivity index (χ0v) is 30.7. The van der Waals surface area contributed by atoms with Gasteiger partial charge in [0.05, 0.1) is 11.2 Å². The molecule has 0 spiro atoms. The molecule has 15 heteroatoms. The number of hydrogen-bond acceptors (Lipinski definition) is 9. The third-order valence-electron chi connectivity index (χ3n) is 9.92. The maximum Gasteiger partial charge on any atom is 0.501 e. The maximum absolute atomic E-state index is 13.8. The number of halogens is 4. The molecule has 3 heterocycles. The van der Waals surface area contributed by atoms with Gasteiger partial charge in [0.2, 0.25) is 0 Å². The van der Waals surface area contributed by atoms with Gasteiger partial charge in [-0.2, -0.15) is 13.2 Å². The third-order valence-corrected chi connectivity index (χ3v) is 11.7. The molecule has 10 nitrogen and oxygen atoms in total. The Morgan fingerprint density at radius 2 is 1.61 bits per heavy atom. The predicted molar refractivity (Wildman–Crippen MR) is 204 cm³/mol. The summed E-state index contributed by atoms with van der Waals surface area (Å²) in [5.41, 5.74) is -0.833. The number of rotatable bonds is 10. The summed E-state index contributed by atoms with van der Waals surface area (Å²) in [5, 5.41) is 6.20. The van der Waals surface area contributed by atoms with Crippen molar-refractivity contribution in [2.75, 3.05) is 61.5 Å². The van der Waals surface area contributed by atoms with Crippen LogP contribution in [0.4, 0.5) is 30.4 Å². The van der Waals surface area contributed by atoms with Gasteiger partial charge in [-0.05, 0) is 84.0 Å². The van der Waals surface area contributed by atoms with Crippen LogP contribution in [0.3, 0.4) is 0 Å². The summed E-state index contributed by atoms with van der Waals surface area (Å²) in [6.07, 6.45) is 2.55. The number of nitrogens with zero attached hydrogens (tertiary/aromatic N) is 4. The van der Waals surface area contributed by atoms with Gasteiger partial charge in [0.15, 0.2) is 0 Å². The first-order valence-electron chi connectivity index (χ1n) is 17.6. The average molecular weight is 779 g/mol. The number of anilines is 3. The molecule has 54 heavy (non-hydrogen) atoms. The van der Waals surface area contributed by atoms with E-state index in [1.54, 1.807) is 12.1 Å². The summed E-state index contributed by atoms with van der Waals surface area (Å²) >= 11 is 6.11. The van der Waals surface area contributed by atoms with Gasteiger partial charge in [0.1, 0.15) is 17.0 Å². The van der Waals surface area contributed by atoms with Gasteiger partial charge in [0.25, 0.3) is 15.7 Å². The molecule has 2 N–H and O–H groups in total. The van der Waals surface area contributed by atoms with Crippen LogP contribution in [-0.4, -0.2) is 80.6 Å². The van der Waals surface area contributed by atoms with Crippen molar-refractivity contribution in [1.29, 1.82) is 0 Å². The van der Waals surface area contributed by atoms with Gasteiger partial charge in [-0.25, -0.2) is 18.4 Å². The van der Waals surface area contributed by atoms with Crippen molar-refractivity contribution in [3.05, 3.63) is 107 Å². The monoisotopic (exact) mass is 778 g/mol. The first kappa shape index (κ1) is 37.6. The zero-order valence-electron chi connectivity index (χ0n) is 29.2. The number of fused-ring (bicyclic) bond motifs is 1. The minimum Gasteiger partial charge on any atom is -0.384 e. The summed E-state index contributed by atoms with van der Waals surface area (Å²) in [7, 11) is -5.77. The Kier molecular flexibility index (Phi) is 11.1. The van der Waals surface area contributed by atoms with E-state index in [2.05, 4.69) is 48.6 Å². The fourth-order valence-corrected chi connectivity index (χ4v) is 7.92. The Hall–Kier alpha value is -4.76. The molecule has 0 radical (unpaired) electrons. The number of alkyl halides is 3. The lowest BCUT2D eigenvalue weighted by Crippen LogP contribution is -2.46. The number of aromatic nitrogens is 2. The number of piperazine rings is 1. The van der Waals surface area contributed by atoms with Gasteiger partial charge in [0, 0.05) is 74.1 Å². The number of hydrogen-bond donors (Lipinski definition) is 2. The van der Waals surface area contributed by atoms with E-state index in [0.29, 0.717) is 36.6 Å². The number of amides is 1. The molecule has 2 fully saturated rings. The van der Waals surface area contributed by atoms with E-state index in [0.717, 1.165) is 56.4 Å². The molecule has 2 aliphatic heterocycles. The predicted octanol–water partition coefficient (Wildman–Crippen LogP) is 7.66. The number of nitrogens with one attached hydrogen (secondary N) is 2. The summed E-state index contributed by atoms with van der Waals surface area (Å²) in [6, 6.07) is 25.4. The minimum atomic E-state index is -5.77. The highest BCUT2D eigenvalue weighted by Gasteiger charge is 2.48. The molecule has 2 aliphatic rings. The van der Waals surface area contributed by atoms with Crippen molar-refractivity contribution in [3.8, 4) is 11.1 Å². The first-order chi connectivity index (χ1) is 26.0. The Balaban J connectivity index is 1.03. The molecule has 7 rings (SSSR count). The lowest BCUT2D eigenvalue weighted by Gasteiger charge is -2.36. The Labute approximate surface area is 316 Å². The van der Waals surface area contributed by atoms with Crippen molar-refractivity contribution in [3.63, 3.8) is 0 Å². The van der Waals surface area contributed by atoms with Crippen LogP contribution >= 0.6 is 11.6 Å². The van der Waals surface area contributed by atoms with Crippen LogP contribution in [0.1, 0.15) is 28.8 Å². The molecule has 0 aliphatic carbocycles. The number of carbonyl (C=O) groups excluding carboxylic acids is 1. The molecule has 1 aromatic heterocycles. The fourth-order valence-electron chi connectivity index (χ4n) is 6.85. The largest absolute Gasteiger partial charge is 0.501 e. The topological polar surface area (TPSA) is 117 Å². The van der Waals surface area contributed by atoms with E-state index >= 15 is 0 Å². The minimum absolute atomic E-state index is 0.0458. The number of ether oxygens (including phenoxy) is 1. The van der Waals surface area contributed by atoms with E-state index in [-0.39, 0.29) is 34.9 Å². The summed E-state index contributed by atoms with van der Waals surface area (Å²) in [4.78, 5) is 25.3. The highest BCUT2D eigenvalue weighted by atomic mass is 35.5. The van der Waals surface area contributed by atoms with Crippen LogP contribution in [0, 0.1) is 5.92 Å². The molecule has 5 aromatic rings. The van der Waals surface area contributed by atoms with Gasteiger partial charge in [-0.1, -0.05) is 48.0 Å². The summed E-state index contributed by atoms with van der Waals surface area (Å²) in [6.45, 7) is 5.38. The molecule has 0 unspecified atom stereocenters. The van der Waals surface area contributed by atoms with Gasteiger partial charge < -0.3 is 20.3 Å². The molecule has 0 saturated carbocycles. The second-order valence-corrected chi connectivity index (χ2v) is 15.7. The maximum atomic E-state index is 13.8. The molecular formula is C39H38ClF3N6O4S. The van der Waals surface area contributed by atoms with E-state index in [1.807, 2.05) is 42.5 Å². The molecule has 2 saturated heterocycles. The van der Waals surface area contributed by atoms with E-state index < -0.39 is 26.1 Å².